The highest BCUT2D eigenvalue weighted by atomic mass is 16.5. The van der Waals surface area contributed by atoms with Crippen molar-refractivity contribution in [3.63, 3.8) is 0 Å². The van der Waals surface area contributed by atoms with Gasteiger partial charge in [0.1, 0.15) is 12.6 Å². The van der Waals surface area contributed by atoms with Crippen LogP contribution in [0.4, 0.5) is 0 Å². The minimum atomic E-state index is -0.511. The van der Waals surface area contributed by atoms with Crippen LogP contribution in [0.3, 0.4) is 0 Å². The number of nitrogens with zero attached hydrogens (tertiary/aromatic N) is 2. The van der Waals surface area contributed by atoms with Crippen molar-refractivity contribution in [3.05, 3.63) is 23.9 Å². The molecular formula is C18H26N2O5. The number of amides is 1. The number of carbonyl (C=O) groups excluding carboxylic acids is 2. The van der Waals surface area contributed by atoms with Crippen molar-refractivity contribution < 1.29 is 23.8 Å². The number of ether oxygens (including phenoxy) is 3. The maximum Gasteiger partial charge on any atom is 0.328 e. The Hall–Kier alpha value is -2.15. The molecule has 25 heavy (non-hydrogen) atoms. The van der Waals surface area contributed by atoms with Crippen LogP contribution in [-0.2, 0) is 14.3 Å². The van der Waals surface area contributed by atoms with Crippen LogP contribution >= 0.6 is 0 Å². The number of rotatable bonds is 6. The molecule has 7 heteroatoms. The van der Waals surface area contributed by atoms with Crippen LogP contribution in [0.25, 0.3) is 0 Å². The number of hydrogen-bond acceptors (Lipinski definition) is 6. The van der Waals surface area contributed by atoms with Gasteiger partial charge in [0.15, 0.2) is 0 Å². The first kappa shape index (κ1) is 19.2. The second kappa shape index (κ2) is 8.29. The van der Waals surface area contributed by atoms with Gasteiger partial charge < -0.3 is 19.1 Å². The van der Waals surface area contributed by atoms with Crippen molar-refractivity contribution in [1.82, 2.24) is 9.88 Å². The van der Waals surface area contributed by atoms with E-state index >= 15 is 0 Å². The summed E-state index contributed by atoms with van der Waals surface area (Å²) in [7, 11) is 1.33. The van der Waals surface area contributed by atoms with Gasteiger partial charge >= 0.3 is 5.97 Å². The monoisotopic (exact) mass is 350 g/mol. The molecule has 1 aromatic heterocycles. The van der Waals surface area contributed by atoms with Gasteiger partial charge in [0, 0.05) is 18.8 Å². The molecule has 0 N–H and O–H groups in total. The van der Waals surface area contributed by atoms with Crippen LogP contribution < -0.4 is 4.74 Å². The van der Waals surface area contributed by atoms with Gasteiger partial charge in [-0.05, 0) is 39.7 Å². The average molecular weight is 350 g/mol. The summed E-state index contributed by atoms with van der Waals surface area (Å²) in [6.07, 6.45) is 2.88. The van der Waals surface area contributed by atoms with Gasteiger partial charge in [0.25, 0.3) is 5.91 Å². The zero-order valence-electron chi connectivity index (χ0n) is 15.3. The zero-order valence-corrected chi connectivity index (χ0v) is 15.3. The first-order valence-electron chi connectivity index (χ1n) is 8.43. The van der Waals surface area contributed by atoms with Crippen molar-refractivity contribution in [2.24, 2.45) is 0 Å². The number of hydrogen-bond donors (Lipinski definition) is 0. The molecule has 1 aliphatic rings. The molecule has 0 aliphatic carbocycles. The summed E-state index contributed by atoms with van der Waals surface area (Å²) in [6.45, 7) is 7.32. The van der Waals surface area contributed by atoms with E-state index in [-0.39, 0.29) is 17.5 Å². The third kappa shape index (κ3) is 5.42. The van der Waals surface area contributed by atoms with Crippen LogP contribution in [-0.4, -0.2) is 60.3 Å². The molecule has 2 heterocycles. The van der Waals surface area contributed by atoms with Crippen LogP contribution in [0.1, 0.15) is 44.0 Å². The number of pyridine rings is 1. The lowest BCUT2D eigenvalue weighted by molar-refractivity contribution is -0.145. The summed E-state index contributed by atoms with van der Waals surface area (Å²) < 4.78 is 15.8. The first-order valence-corrected chi connectivity index (χ1v) is 8.43. The molecule has 1 aliphatic heterocycles. The Labute approximate surface area is 148 Å². The summed E-state index contributed by atoms with van der Waals surface area (Å²) in [5.41, 5.74) is 0.216. The highest BCUT2D eigenvalue weighted by Gasteiger charge is 2.35. The van der Waals surface area contributed by atoms with E-state index in [9.17, 15) is 9.59 Å². The molecule has 138 valence electrons. The summed E-state index contributed by atoms with van der Waals surface area (Å²) >= 11 is 0. The number of esters is 1. The molecule has 2 rings (SSSR count). The Balaban J connectivity index is 1.90. The molecule has 1 saturated heterocycles. The van der Waals surface area contributed by atoms with Crippen LogP contribution in [0.5, 0.6) is 5.88 Å². The smallest absolute Gasteiger partial charge is 0.328 e. The first-order chi connectivity index (χ1) is 11.8. The van der Waals surface area contributed by atoms with Gasteiger partial charge in [0.2, 0.25) is 5.88 Å². The van der Waals surface area contributed by atoms with Crippen LogP contribution in [0, 0.1) is 0 Å². The van der Waals surface area contributed by atoms with E-state index in [0.29, 0.717) is 37.6 Å². The Kier molecular flexibility index (Phi) is 6.36. The number of aromatic nitrogens is 1. The Morgan fingerprint density at radius 3 is 2.64 bits per heavy atom. The third-order valence-corrected chi connectivity index (χ3v) is 3.84. The van der Waals surface area contributed by atoms with Crippen LogP contribution in [0.2, 0.25) is 0 Å². The number of likely N-dealkylation sites (tertiary alicyclic amines) is 1. The molecule has 1 amide bonds. The molecule has 0 unspecified atom stereocenters. The maximum absolute atomic E-state index is 12.6. The molecule has 1 aromatic rings. The Morgan fingerprint density at radius 1 is 1.28 bits per heavy atom. The lowest BCUT2D eigenvalue weighted by atomic mass is 10.2. The average Bonchev–Trinajstić information content (AvgIpc) is 3.07. The molecule has 0 bridgehead atoms. The molecule has 0 spiro atoms. The minimum absolute atomic E-state index is 0.209. The summed E-state index contributed by atoms with van der Waals surface area (Å²) in [4.78, 5) is 30.0. The van der Waals surface area contributed by atoms with Gasteiger partial charge in [-0.2, -0.15) is 0 Å². The quantitative estimate of drug-likeness (QED) is 0.577. The van der Waals surface area contributed by atoms with Crippen molar-refractivity contribution in [2.75, 3.05) is 26.9 Å². The minimum Gasteiger partial charge on any atom is -0.475 e. The van der Waals surface area contributed by atoms with Gasteiger partial charge in [0.05, 0.1) is 24.9 Å². The van der Waals surface area contributed by atoms with Crippen molar-refractivity contribution in [2.45, 2.75) is 45.3 Å². The zero-order chi connectivity index (χ0) is 18.4. The second-order valence-corrected chi connectivity index (χ2v) is 6.87. The fourth-order valence-corrected chi connectivity index (χ4v) is 2.64. The van der Waals surface area contributed by atoms with Gasteiger partial charge in [-0.1, -0.05) is 0 Å². The largest absolute Gasteiger partial charge is 0.475 e. The van der Waals surface area contributed by atoms with Gasteiger partial charge in [-0.15, -0.1) is 0 Å². The maximum atomic E-state index is 12.6. The van der Waals surface area contributed by atoms with E-state index in [2.05, 4.69) is 4.98 Å². The highest BCUT2D eigenvalue weighted by molar-refractivity contribution is 5.96. The summed E-state index contributed by atoms with van der Waals surface area (Å²) in [5, 5.41) is 0. The van der Waals surface area contributed by atoms with E-state index in [1.165, 1.54) is 13.3 Å². The lowest BCUT2D eigenvalue weighted by Gasteiger charge is -2.22. The molecule has 7 nitrogen and oxygen atoms in total. The predicted molar refractivity (Wildman–Crippen MR) is 91.5 cm³/mol. The molecule has 0 radical (unpaired) electrons. The summed E-state index contributed by atoms with van der Waals surface area (Å²) in [5.74, 6) is -0.166. The third-order valence-electron chi connectivity index (χ3n) is 3.84. The van der Waals surface area contributed by atoms with E-state index < -0.39 is 6.04 Å². The Morgan fingerprint density at radius 2 is 2.04 bits per heavy atom. The number of carbonyl (C=O) groups is 2. The van der Waals surface area contributed by atoms with E-state index in [1.54, 1.807) is 17.0 Å². The summed E-state index contributed by atoms with van der Waals surface area (Å²) in [6, 6.07) is 2.79. The number of methoxy groups -OCH3 is 1. The van der Waals surface area contributed by atoms with E-state index in [0.717, 1.165) is 6.42 Å². The van der Waals surface area contributed by atoms with Crippen molar-refractivity contribution >= 4 is 11.9 Å². The molecular weight excluding hydrogens is 324 g/mol. The van der Waals surface area contributed by atoms with Crippen molar-refractivity contribution in [1.29, 1.82) is 0 Å². The fourth-order valence-electron chi connectivity index (χ4n) is 2.64. The molecule has 0 saturated carbocycles. The standard InChI is InChI=1S/C18H26N2O5/c1-18(2,3)25-11-10-24-15-8-7-13(12-19-15)16(21)20-9-5-6-14(20)17(22)23-4/h7-8,12,14H,5-6,9-11H2,1-4H3/t14-/m1/s1. The lowest BCUT2D eigenvalue weighted by Crippen LogP contribution is -2.41. The van der Waals surface area contributed by atoms with Crippen molar-refractivity contribution in [3.8, 4) is 5.88 Å². The van der Waals surface area contributed by atoms with Gasteiger partial charge in [-0.3, -0.25) is 4.79 Å². The van der Waals surface area contributed by atoms with E-state index in [1.807, 2.05) is 20.8 Å². The van der Waals surface area contributed by atoms with Crippen LogP contribution in [0.15, 0.2) is 18.3 Å². The highest BCUT2D eigenvalue weighted by Crippen LogP contribution is 2.21. The molecule has 0 aromatic carbocycles. The second-order valence-electron chi connectivity index (χ2n) is 6.87. The van der Waals surface area contributed by atoms with E-state index in [4.69, 9.17) is 14.2 Å². The topological polar surface area (TPSA) is 78.0 Å². The molecule has 1 atom stereocenters. The fraction of sp³-hybridized carbons (Fsp3) is 0.611. The predicted octanol–water partition coefficient (Wildman–Crippen LogP) is 2.05. The SMILES string of the molecule is COC(=O)[C@H]1CCCN1C(=O)c1ccc(OCCOC(C)(C)C)nc1. The Bertz CT molecular complexity index is 594. The molecule has 1 fully saturated rings. The van der Waals surface area contributed by atoms with Gasteiger partial charge in [-0.25, -0.2) is 9.78 Å². The normalized spacial score (nSPS) is 17.4.